The maximum absolute atomic E-state index is 12.8. The van der Waals surface area contributed by atoms with Gasteiger partial charge in [-0.2, -0.15) is 23.3 Å². The van der Waals surface area contributed by atoms with E-state index in [2.05, 4.69) is 39.2 Å². The molecule has 0 aliphatic carbocycles. The number of alkyl halides is 3. The van der Waals surface area contributed by atoms with Gasteiger partial charge in [0.25, 0.3) is 0 Å². The van der Waals surface area contributed by atoms with Crippen molar-refractivity contribution >= 4 is 17.5 Å². The molecule has 0 aliphatic rings. The zero-order valence-corrected chi connectivity index (χ0v) is 13.6. The highest BCUT2D eigenvalue weighted by Gasteiger charge is 2.30. The minimum Gasteiger partial charge on any atom is -0.355 e. The molecular weight excluding hydrogens is 319 g/mol. The van der Waals surface area contributed by atoms with Gasteiger partial charge in [-0.15, -0.1) is 5.10 Å². The average molecular weight is 339 g/mol. The maximum atomic E-state index is 12.8. The lowest BCUT2D eigenvalue weighted by molar-refractivity contribution is -0.137. The van der Waals surface area contributed by atoms with E-state index in [1.54, 1.807) is 6.20 Å². The molecular formula is C16H20F3N5. The lowest BCUT2D eigenvalue weighted by Gasteiger charge is -2.22. The number of benzene rings is 1. The fraction of sp³-hybridized carbons (Fsp3) is 0.438. The fourth-order valence-corrected chi connectivity index (χ4v) is 2.28. The maximum Gasteiger partial charge on any atom is 0.416 e. The first-order valence-corrected chi connectivity index (χ1v) is 7.83. The normalized spacial score (nSPS) is 11.4. The number of hydrogen-bond donors (Lipinski definition) is 1. The van der Waals surface area contributed by atoms with E-state index in [4.69, 9.17) is 0 Å². The molecule has 2 rings (SSSR count). The second kappa shape index (κ2) is 7.94. The largest absolute Gasteiger partial charge is 0.416 e. The Morgan fingerprint density at radius 3 is 2.46 bits per heavy atom. The van der Waals surface area contributed by atoms with Crippen LogP contribution < -0.4 is 10.2 Å². The Balaban J connectivity index is 2.20. The summed E-state index contributed by atoms with van der Waals surface area (Å²) < 4.78 is 38.3. The number of anilines is 3. The fourth-order valence-electron chi connectivity index (χ4n) is 2.28. The van der Waals surface area contributed by atoms with Crippen LogP contribution in [0.3, 0.4) is 0 Å². The molecule has 0 saturated carbocycles. The first kappa shape index (κ1) is 18.0. The van der Waals surface area contributed by atoms with Crippen molar-refractivity contribution in [2.75, 3.05) is 23.3 Å². The van der Waals surface area contributed by atoms with Crippen molar-refractivity contribution in [3.63, 3.8) is 0 Å². The Labute approximate surface area is 138 Å². The number of hydrogen-bond acceptors (Lipinski definition) is 5. The molecule has 0 bridgehead atoms. The van der Waals surface area contributed by atoms with E-state index < -0.39 is 11.7 Å². The van der Waals surface area contributed by atoms with E-state index in [1.807, 2.05) is 0 Å². The number of rotatable bonds is 7. The van der Waals surface area contributed by atoms with Gasteiger partial charge in [-0.1, -0.05) is 19.9 Å². The predicted octanol–water partition coefficient (Wildman–Crippen LogP) is 4.26. The predicted molar refractivity (Wildman–Crippen MR) is 87.3 cm³/mol. The minimum atomic E-state index is -4.39. The number of nitrogens with zero attached hydrogens (tertiary/aromatic N) is 4. The van der Waals surface area contributed by atoms with Gasteiger partial charge in [-0.3, -0.25) is 0 Å². The molecule has 0 saturated heterocycles. The van der Waals surface area contributed by atoms with Crippen LogP contribution in [0, 0.1) is 0 Å². The smallest absolute Gasteiger partial charge is 0.355 e. The number of nitrogens with one attached hydrogen (secondary N) is 1. The van der Waals surface area contributed by atoms with Crippen molar-refractivity contribution in [2.24, 2.45) is 0 Å². The molecule has 0 radical (unpaired) electrons. The SMILES string of the molecule is CCCN(CCC)c1cnnc(Nc2cccc(C(F)(F)F)c2)n1. The highest BCUT2D eigenvalue weighted by atomic mass is 19.4. The number of halogens is 3. The molecule has 0 aliphatic heterocycles. The van der Waals surface area contributed by atoms with Gasteiger partial charge in [-0.05, 0) is 31.0 Å². The van der Waals surface area contributed by atoms with Crippen molar-refractivity contribution < 1.29 is 13.2 Å². The van der Waals surface area contributed by atoms with Crippen molar-refractivity contribution in [3.8, 4) is 0 Å². The molecule has 0 atom stereocenters. The average Bonchev–Trinajstić information content (AvgIpc) is 2.54. The van der Waals surface area contributed by atoms with Crippen molar-refractivity contribution in [3.05, 3.63) is 36.0 Å². The van der Waals surface area contributed by atoms with E-state index in [-0.39, 0.29) is 11.6 Å². The third-order valence-electron chi connectivity index (χ3n) is 3.30. The monoisotopic (exact) mass is 339 g/mol. The summed E-state index contributed by atoms with van der Waals surface area (Å²) in [5, 5.41) is 10.5. The third kappa shape index (κ3) is 4.81. The van der Waals surface area contributed by atoms with Gasteiger partial charge in [0.15, 0.2) is 5.82 Å². The summed E-state index contributed by atoms with van der Waals surface area (Å²) in [5.41, 5.74) is -0.462. The molecule has 0 amide bonds. The quantitative estimate of drug-likeness (QED) is 0.817. The highest BCUT2D eigenvalue weighted by molar-refractivity contribution is 5.55. The summed E-state index contributed by atoms with van der Waals surface area (Å²) in [5.74, 6) is 0.826. The Bertz CT molecular complexity index is 654. The van der Waals surface area contributed by atoms with Gasteiger partial charge in [0, 0.05) is 18.8 Å². The summed E-state index contributed by atoms with van der Waals surface area (Å²) in [4.78, 5) is 6.43. The summed E-state index contributed by atoms with van der Waals surface area (Å²) in [7, 11) is 0. The molecule has 1 aromatic carbocycles. The van der Waals surface area contributed by atoms with Gasteiger partial charge in [0.1, 0.15) is 0 Å². The molecule has 1 heterocycles. The summed E-state index contributed by atoms with van der Waals surface area (Å²) in [6.07, 6.45) is -0.916. The molecule has 130 valence electrons. The third-order valence-corrected chi connectivity index (χ3v) is 3.30. The van der Waals surface area contributed by atoms with Gasteiger partial charge >= 0.3 is 6.18 Å². The van der Waals surface area contributed by atoms with Gasteiger partial charge in [-0.25, -0.2) is 0 Å². The van der Waals surface area contributed by atoms with Crippen LogP contribution in [0.1, 0.15) is 32.3 Å². The van der Waals surface area contributed by atoms with Gasteiger partial charge in [0.05, 0.1) is 11.8 Å². The Hall–Kier alpha value is -2.38. The van der Waals surface area contributed by atoms with Crippen LogP contribution in [0.15, 0.2) is 30.5 Å². The first-order chi connectivity index (χ1) is 11.4. The van der Waals surface area contributed by atoms with E-state index in [0.717, 1.165) is 38.1 Å². The molecule has 2 aromatic rings. The zero-order chi connectivity index (χ0) is 17.6. The van der Waals surface area contributed by atoms with Crippen LogP contribution in [0.4, 0.5) is 30.6 Å². The molecule has 1 N–H and O–H groups in total. The van der Waals surface area contributed by atoms with Crippen LogP contribution >= 0.6 is 0 Å². The Kier molecular flexibility index (Phi) is 5.94. The Morgan fingerprint density at radius 1 is 1.12 bits per heavy atom. The van der Waals surface area contributed by atoms with Crippen LogP contribution in [0.5, 0.6) is 0 Å². The second-order valence-electron chi connectivity index (χ2n) is 5.33. The minimum absolute atomic E-state index is 0.170. The van der Waals surface area contributed by atoms with E-state index >= 15 is 0 Å². The molecule has 0 spiro atoms. The van der Waals surface area contributed by atoms with Crippen molar-refractivity contribution in [1.82, 2.24) is 15.2 Å². The lowest BCUT2D eigenvalue weighted by atomic mass is 10.2. The van der Waals surface area contributed by atoms with Crippen LogP contribution in [0.2, 0.25) is 0 Å². The van der Waals surface area contributed by atoms with Crippen LogP contribution in [-0.2, 0) is 6.18 Å². The summed E-state index contributed by atoms with van der Waals surface area (Å²) in [6, 6.07) is 4.90. The molecule has 1 aromatic heterocycles. The van der Waals surface area contributed by atoms with Crippen molar-refractivity contribution in [2.45, 2.75) is 32.9 Å². The standard InChI is InChI=1S/C16H20F3N5/c1-3-8-24(9-4-2)14-11-20-23-15(22-14)21-13-7-5-6-12(10-13)16(17,18)19/h5-7,10-11H,3-4,8-9H2,1-2H3,(H,21,22,23). The first-order valence-electron chi connectivity index (χ1n) is 7.83. The summed E-state index contributed by atoms with van der Waals surface area (Å²) in [6.45, 7) is 5.79. The lowest BCUT2D eigenvalue weighted by Crippen LogP contribution is -2.26. The van der Waals surface area contributed by atoms with Gasteiger partial charge in [0.2, 0.25) is 5.95 Å². The molecule has 8 heteroatoms. The highest BCUT2D eigenvalue weighted by Crippen LogP contribution is 2.31. The molecule has 5 nitrogen and oxygen atoms in total. The van der Waals surface area contributed by atoms with Crippen LogP contribution in [-0.4, -0.2) is 28.3 Å². The van der Waals surface area contributed by atoms with Crippen LogP contribution in [0.25, 0.3) is 0 Å². The topological polar surface area (TPSA) is 53.9 Å². The van der Waals surface area contributed by atoms with Crippen molar-refractivity contribution in [1.29, 1.82) is 0 Å². The molecule has 0 unspecified atom stereocenters. The second-order valence-corrected chi connectivity index (χ2v) is 5.33. The van der Waals surface area contributed by atoms with Gasteiger partial charge < -0.3 is 10.2 Å². The zero-order valence-electron chi connectivity index (χ0n) is 13.6. The molecule has 0 fully saturated rings. The van der Waals surface area contributed by atoms with E-state index in [1.165, 1.54) is 12.1 Å². The summed E-state index contributed by atoms with van der Waals surface area (Å²) >= 11 is 0. The van der Waals surface area contributed by atoms with E-state index in [9.17, 15) is 13.2 Å². The number of aromatic nitrogens is 3. The molecule has 24 heavy (non-hydrogen) atoms. The Morgan fingerprint density at radius 2 is 1.83 bits per heavy atom. The van der Waals surface area contributed by atoms with E-state index in [0.29, 0.717) is 5.82 Å².